The summed E-state index contributed by atoms with van der Waals surface area (Å²) in [6.07, 6.45) is 12.6. The summed E-state index contributed by atoms with van der Waals surface area (Å²) < 4.78 is 0. The van der Waals surface area contributed by atoms with E-state index in [0.29, 0.717) is 5.78 Å². The van der Waals surface area contributed by atoms with Crippen molar-refractivity contribution in [2.75, 3.05) is 85.8 Å². The van der Waals surface area contributed by atoms with Crippen molar-refractivity contribution in [3.63, 3.8) is 0 Å². The highest BCUT2D eigenvalue weighted by Gasteiger charge is 2.16. The van der Waals surface area contributed by atoms with Crippen LogP contribution in [0.15, 0.2) is 0 Å². The Morgan fingerprint density at radius 2 is 1.33 bits per heavy atom. The maximum Gasteiger partial charge on any atom is 0.132 e. The van der Waals surface area contributed by atoms with Crippen LogP contribution in [0.4, 0.5) is 0 Å². The van der Waals surface area contributed by atoms with Crippen LogP contribution >= 0.6 is 21.6 Å². The van der Waals surface area contributed by atoms with Gasteiger partial charge in [-0.25, -0.2) is 0 Å². The Morgan fingerprint density at radius 1 is 0.727 bits per heavy atom. The van der Waals surface area contributed by atoms with E-state index in [1.54, 1.807) is 0 Å². The molecule has 1 unspecified atom stereocenters. The lowest BCUT2D eigenvalue weighted by Crippen LogP contribution is -2.38. The van der Waals surface area contributed by atoms with Gasteiger partial charge >= 0.3 is 0 Å². The van der Waals surface area contributed by atoms with E-state index in [0.717, 1.165) is 37.5 Å². The van der Waals surface area contributed by atoms with Gasteiger partial charge in [-0.2, -0.15) is 0 Å². The number of rotatable bonds is 11. The molecule has 0 spiro atoms. The molecule has 2 aliphatic heterocycles. The van der Waals surface area contributed by atoms with Crippen LogP contribution in [-0.4, -0.2) is 116 Å². The number of unbranched alkanes of at least 4 members (excludes halogenated alkanes) is 3. The van der Waals surface area contributed by atoms with Gasteiger partial charge in [-0.1, -0.05) is 34.4 Å². The molecule has 194 valence electrons. The second kappa shape index (κ2) is 18.5. The van der Waals surface area contributed by atoms with Crippen LogP contribution in [0.5, 0.6) is 0 Å². The molecule has 1 atom stereocenters. The fourth-order valence-corrected chi connectivity index (χ4v) is 7.74. The Kier molecular flexibility index (Phi) is 16.5. The number of carbonyl (C=O) groups excluding carboxylic acids is 1. The number of hydrogen-bond donors (Lipinski definition) is 0. The molecule has 2 aliphatic rings. The molecule has 0 radical (unpaired) electrons. The maximum absolute atomic E-state index is 12.2. The SMILES string of the molecule is CN1CCCN(C)CCN(CCCCCC(=O)CCCCC2CCSS2)CCCN(C)CC1. The summed E-state index contributed by atoms with van der Waals surface area (Å²) in [6.45, 7) is 10.6. The third-order valence-corrected chi connectivity index (χ3v) is 10.2. The first-order chi connectivity index (χ1) is 16.0. The monoisotopic (exact) mass is 500 g/mol. The summed E-state index contributed by atoms with van der Waals surface area (Å²) in [5, 5.41) is 0.853. The Hall–Kier alpha value is 0.210. The van der Waals surface area contributed by atoms with Gasteiger partial charge in [0.1, 0.15) is 5.78 Å². The average Bonchev–Trinajstić information content (AvgIpc) is 3.31. The van der Waals surface area contributed by atoms with E-state index in [2.05, 4.69) is 51.5 Å². The Morgan fingerprint density at radius 3 is 1.97 bits per heavy atom. The van der Waals surface area contributed by atoms with E-state index in [4.69, 9.17) is 0 Å². The Bertz CT molecular complexity index is 505. The summed E-state index contributed by atoms with van der Waals surface area (Å²) in [6, 6.07) is 0. The van der Waals surface area contributed by atoms with Gasteiger partial charge in [-0.05, 0) is 98.8 Å². The van der Waals surface area contributed by atoms with E-state index in [-0.39, 0.29) is 0 Å². The lowest BCUT2D eigenvalue weighted by atomic mass is 10.0. The van der Waals surface area contributed by atoms with Crippen LogP contribution in [0.1, 0.15) is 70.6 Å². The van der Waals surface area contributed by atoms with Crippen molar-refractivity contribution in [3.8, 4) is 0 Å². The molecule has 0 amide bonds. The van der Waals surface area contributed by atoms with Gasteiger partial charge in [0.25, 0.3) is 0 Å². The largest absolute Gasteiger partial charge is 0.305 e. The van der Waals surface area contributed by atoms with Crippen LogP contribution in [-0.2, 0) is 4.79 Å². The first-order valence-electron chi connectivity index (χ1n) is 13.6. The number of hydrogen-bond acceptors (Lipinski definition) is 7. The first kappa shape index (κ1) is 29.4. The summed E-state index contributed by atoms with van der Waals surface area (Å²) in [7, 11) is 10.9. The predicted octanol–water partition coefficient (Wildman–Crippen LogP) is 4.72. The van der Waals surface area contributed by atoms with Crippen molar-refractivity contribution < 1.29 is 4.79 Å². The van der Waals surface area contributed by atoms with Gasteiger partial charge in [0.05, 0.1) is 0 Å². The van der Waals surface area contributed by atoms with Crippen LogP contribution in [0, 0.1) is 0 Å². The smallest absolute Gasteiger partial charge is 0.132 e. The lowest BCUT2D eigenvalue weighted by Gasteiger charge is -2.28. The number of carbonyl (C=O) groups is 1. The van der Waals surface area contributed by atoms with Gasteiger partial charge in [-0.15, -0.1) is 0 Å². The second-order valence-electron chi connectivity index (χ2n) is 10.4. The molecule has 0 aromatic heterocycles. The zero-order valence-electron chi connectivity index (χ0n) is 21.9. The first-order valence-corrected chi connectivity index (χ1v) is 16.0. The minimum absolute atomic E-state index is 0.497. The molecule has 0 saturated carbocycles. The van der Waals surface area contributed by atoms with Gasteiger partial charge in [-0.3, -0.25) is 4.79 Å². The normalized spacial score (nSPS) is 24.2. The lowest BCUT2D eigenvalue weighted by molar-refractivity contribution is -0.119. The van der Waals surface area contributed by atoms with Gasteiger partial charge in [0, 0.05) is 50.0 Å². The van der Waals surface area contributed by atoms with Crippen molar-refractivity contribution in [2.24, 2.45) is 0 Å². The van der Waals surface area contributed by atoms with Crippen LogP contribution in [0.3, 0.4) is 0 Å². The minimum atomic E-state index is 0.497. The van der Waals surface area contributed by atoms with E-state index in [1.165, 1.54) is 103 Å². The molecular formula is C26H52N4OS2. The summed E-state index contributed by atoms with van der Waals surface area (Å²) in [5.74, 6) is 1.81. The molecule has 0 aromatic carbocycles. The van der Waals surface area contributed by atoms with Crippen molar-refractivity contribution in [3.05, 3.63) is 0 Å². The fourth-order valence-electron chi connectivity index (χ4n) is 4.72. The maximum atomic E-state index is 12.2. The third kappa shape index (κ3) is 15.0. The van der Waals surface area contributed by atoms with Crippen molar-refractivity contribution in [2.45, 2.75) is 75.9 Å². The number of Topliss-reactive ketones (excluding diaryl/α,β-unsaturated/α-hetero) is 1. The molecule has 33 heavy (non-hydrogen) atoms. The molecule has 0 bridgehead atoms. The number of likely N-dealkylation sites (N-methyl/N-ethyl adjacent to an activating group) is 3. The Labute approximate surface area is 213 Å². The van der Waals surface area contributed by atoms with E-state index in [1.807, 2.05) is 10.8 Å². The summed E-state index contributed by atoms with van der Waals surface area (Å²) in [5.41, 5.74) is 0. The molecule has 5 nitrogen and oxygen atoms in total. The number of nitrogens with zero attached hydrogens (tertiary/aromatic N) is 4. The quantitative estimate of drug-likeness (QED) is 0.299. The zero-order chi connectivity index (χ0) is 23.7. The van der Waals surface area contributed by atoms with Crippen LogP contribution in [0.2, 0.25) is 0 Å². The fraction of sp³-hybridized carbons (Fsp3) is 0.962. The average molecular weight is 501 g/mol. The van der Waals surface area contributed by atoms with E-state index in [9.17, 15) is 4.79 Å². The predicted molar refractivity (Wildman–Crippen MR) is 149 cm³/mol. The highest BCUT2D eigenvalue weighted by Crippen LogP contribution is 2.39. The molecule has 2 saturated heterocycles. The second-order valence-corrected chi connectivity index (χ2v) is 13.2. The topological polar surface area (TPSA) is 30.0 Å². The van der Waals surface area contributed by atoms with Crippen molar-refractivity contribution >= 4 is 27.4 Å². The van der Waals surface area contributed by atoms with Crippen LogP contribution < -0.4 is 0 Å². The number of ketones is 1. The molecule has 7 heteroatoms. The Balaban J connectivity index is 1.56. The molecular weight excluding hydrogens is 448 g/mol. The van der Waals surface area contributed by atoms with E-state index >= 15 is 0 Å². The van der Waals surface area contributed by atoms with Gasteiger partial charge < -0.3 is 19.6 Å². The highest BCUT2D eigenvalue weighted by atomic mass is 33.1. The van der Waals surface area contributed by atoms with Crippen LogP contribution in [0.25, 0.3) is 0 Å². The minimum Gasteiger partial charge on any atom is -0.305 e. The van der Waals surface area contributed by atoms with Crippen molar-refractivity contribution in [1.82, 2.24) is 19.6 Å². The van der Waals surface area contributed by atoms with Crippen molar-refractivity contribution in [1.29, 1.82) is 0 Å². The van der Waals surface area contributed by atoms with Gasteiger partial charge in [0.15, 0.2) is 0 Å². The molecule has 2 heterocycles. The standard InChI is InChI=1S/C26H52N4OS2/c1-27-15-9-16-29(3)22-23-30(19-10-17-28(2)21-20-27)18-8-4-5-11-25(31)12-6-7-13-26-14-24-32-33-26/h26H,4-24H2,1-3H3. The molecule has 2 rings (SSSR count). The van der Waals surface area contributed by atoms with Gasteiger partial charge in [0.2, 0.25) is 0 Å². The molecule has 0 N–H and O–H groups in total. The summed E-state index contributed by atoms with van der Waals surface area (Å²) >= 11 is 0. The molecule has 0 aromatic rings. The zero-order valence-corrected chi connectivity index (χ0v) is 23.6. The molecule has 0 aliphatic carbocycles. The third-order valence-electron chi connectivity index (χ3n) is 7.14. The van der Waals surface area contributed by atoms with E-state index < -0.39 is 0 Å². The molecule has 2 fully saturated rings. The summed E-state index contributed by atoms with van der Waals surface area (Å²) in [4.78, 5) is 22.4. The highest BCUT2D eigenvalue weighted by molar-refractivity contribution is 8.77.